The number of carbonyl (C=O) groups excluding carboxylic acids is 3. The fraction of sp³-hybridized carbons (Fsp3) is 0.438. The first-order valence-electron chi connectivity index (χ1n) is 13.8. The molecule has 1 aromatic heterocycles. The van der Waals surface area contributed by atoms with E-state index in [1.807, 2.05) is 92.1 Å². The maximum Gasteiger partial charge on any atom is 0.227 e. The Kier molecular flexibility index (Phi) is 16.0. The van der Waals surface area contributed by atoms with Crippen molar-refractivity contribution >= 4 is 23.7 Å². The van der Waals surface area contributed by atoms with Gasteiger partial charge in [-0.25, -0.2) is 4.68 Å². The number of anilines is 1. The summed E-state index contributed by atoms with van der Waals surface area (Å²) >= 11 is 0. The fourth-order valence-electron chi connectivity index (χ4n) is 4.65. The van der Waals surface area contributed by atoms with Crippen molar-refractivity contribution in [1.29, 1.82) is 0 Å². The molecule has 0 saturated heterocycles. The van der Waals surface area contributed by atoms with Crippen LogP contribution in [0.5, 0.6) is 0 Å². The summed E-state index contributed by atoms with van der Waals surface area (Å²) in [4.78, 5) is 38.0. The van der Waals surface area contributed by atoms with Crippen LogP contribution in [0.4, 0.5) is 5.69 Å². The Morgan fingerprint density at radius 3 is 2.27 bits per heavy atom. The molecule has 2 aromatic carbocycles. The molecule has 8 heteroatoms. The molecule has 0 aliphatic carbocycles. The molecule has 1 aliphatic heterocycles. The minimum Gasteiger partial charge on any atom is -0.542 e. The zero-order valence-corrected chi connectivity index (χ0v) is 27.5. The summed E-state index contributed by atoms with van der Waals surface area (Å²) in [5, 5.41) is 9.03. The Labute approximate surface area is 265 Å². The van der Waals surface area contributed by atoms with Gasteiger partial charge in [-0.05, 0) is 30.9 Å². The largest absolute Gasteiger partial charge is 0.542 e. The summed E-state index contributed by atoms with van der Waals surface area (Å²) in [6, 6.07) is 15.9. The van der Waals surface area contributed by atoms with Crippen LogP contribution in [0, 0.1) is 13.3 Å². The Hall–Kier alpha value is -2.51. The second kappa shape index (κ2) is 18.0. The normalized spacial score (nSPS) is 11.3. The summed E-state index contributed by atoms with van der Waals surface area (Å²) in [6.07, 6.45) is 6.16. The second-order valence-electron chi connectivity index (χ2n) is 9.59. The number of amides is 1. The van der Waals surface area contributed by atoms with Gasteiger partial charge in [-0.1, -0.05) is 81.8 Å². The number of hydrogen-bond acceptors (Lipinski definition) is 5. The standard InChI is InChI=1S/C29H33N4O3.C2H6.CH3.Y/c1-21(2)26(35)16-8-9-17-27(36)32-20-22-12-4-5-13-23(22)28-29(24-14-6-7-15-25(24)32)33(31-30-28)18-10-3-11-19-34;1-2;;/h4-7,12-15,21H,3,8-11,16-18,20H2,1-2H3;1-2H3;1H3;/q-1;;-1;. The van der Waals surface area contributed by atoms with E-state index in [1.165, 1.54) is 0 Å². The van der Waals surface area contributed by atoms with E-state index < -0.39 is 0 Å². The summed E-state index contributed by atoms with van der Waals surface area (Å²) < 4.78 is 1.89. The maximum absolute atomic E-state index is 13.6. The molecule has 1 radical (unpaired) electrons. The summed E-state index contributed by atoms with van der Waals surface area (Å²) in [6.45, 7) is 8.89. The van der Waals surface area contributed by atoms with Crippen LogP contribution in [0.25, 0.3) is 22.5 Å². The Bertz CT molecular complexity index is 1240. The van der Waals surface area contributed by atoms with Gasteiger partial charge in [0.25, 0.3) is 0 Å². The minimum atomic E-state index is 0. The number of hydrogen-bond donors (Lipinski definition) is 0. The number of para-hydroxylation sites is 1. The van der Waals surface area contributed by atoms with E-state index >= 15 is 0 Å². The van der Waals surface area contributed by atoms with E-state index in [2.05, 4.69) is 10.3 Å². The van der Waals surface area contributed by atoms with Gasteiger partial charge in [0.05, 0.1) is 17.9 Å². The summed E-state index contributed by atoms with van der Waals surface area (Å²) in [5.41, 5.74) is 5.42. The number of Topliss-reactive ketones (excluding diaryl/α,β-unsaturated/α-hetero) is 1. The van der Waals surface area contributed by atoms with E-state index in [0.29, 0.717) is 45.2 Å². The van der Waals surface area contributed by atoms with Crippen molar-refractivity contribution in [1.82, 2.24) is 15.0 Å². The topological polar surface area (TPSA) is 85.2 Å². The molecule has 0 atom stereocenters. The summed E-state index contributed by atoms with van der Waals surface area (Å²) in [7, 11) is 0. The zero-order chi connectivity index (χ0) is 27.5. The van der Waals surface area contributed by atoms with E-state index in [0.717, 1.165) is 46.6 Å². The van der Waals surface area contributed by atoms with E-state index in [4.69, 9.17) is 0 Å². The minimum absolute atomic E-state index is 0. The zero-order valence-electron chi connectivity index (χ0n) is 24.7. The molecule has 0 bridgehead atoms. The number of ketones is 1. The molecule has 0 fully saturated rings. The van der Waals surface area contributed by atoms with Gasteiger partial charge in [0.15, 0.2) is 0 Å². The monoisotopic (exact) mass is 619 g/mol. The van der Waals surface area contributed by atoms with Gasteiger partial charge in [0.2, 0.25) is 5.91 Å². The number of fused-ring (bicyclic) bond motifs is 5. The van der Waals surface area contributed by atoms with Crippen LogP contribution in [0.3, 0.4) is 0 Å². The predicted molar refractivity (Wildman–Crippen MR) is 158 cm³/mol. The number of unbranched alkanes of at least 4 members (excludes halogenated alkanes) is 3. The number of aryl methyl sites for hydroxylation is 1. The van der Waals surface area contributed by atoms with Gasteiger partial charge < -0.3 is 17.1 Å². The fourth-order valence-corrected chi connectivity index (χ4v) is 4.65. The average Bonchev–Trinajstić information content (AvgIpc) is 3.35. The summed E-state index contributed by atoms with van der Waals surface area (Å²) in [5.74, 6) is 0.313. The SMILES string of the molecule is CC.CC(C)C(=O)CCCCC(=O)N1Cc2ccccc2-c2nnn(CCCC[C-]=O)c2-c2ccccc21.[CH3-].[Y]. The molecule has 0 saturated carbocycles. The van der Waals surface area contributed by atoms with Crippen molar-refractivity contribution in [3.05, 3.63) is 61.5 Å². The molecule has 4 rings (SSSR count). The molecular formula is C32H42N4O3Y-2. The molecule has 213 valence electrons. The van der Waals surface area contributed by atoms with E-state index in [9.17, 15) is 14.4 Å². The average molecular weight is 620 g/mol. The smallest absolute Gasteiger partial charge is 0.227 e. The van der Waals surface area contributed by atoms with Crippen LogP contribution < -0.4 is 4.90 Å². The van der Waals surface area contributed by atoms with Crippen molar-refractivity contribution in [2.45, 2.75) is 85.7 Å². The third-order valence-corrected chi connectivity index (χ3v) is 6.69. The van der Waals surface area contributed by atoms with Crippen LogP contribution >= 0.6 is 0 Å². The maximum atomic E-state index is 13.6. The Morgan fingerprint density at radius 1 is 0.925 bits per heavy atom. The van der Waals surface area contributed by atoms with Crippen molar-refractivity contribution in [2.24, 2.45) is 5.92 Å². The van der Waals surface area contributed by atoms with Crippen molar-refractivity contribution in [3.63, 3.8) is 0 Å². The molecule has 3 aromatic rings. The number of rotatable bonds is 11. The van der Waals surface area contributed by atoms with Gasteiger partial charge in [0, 0.05) is 69.1 Å². The van der Waals surface area contributed by atoms with Crippen LogP contribution in [0.2, 0.25) is 0 Å². The number of nitrogens with zero attached hydrogens (tertiary/aromatic N) is 4. The van der Waals surface area contributed by atoms with Crippen molar-refractivity contribution in [2.75, 3.05) is 4.90 Å². The molecule has 1 aliphatic rings. The first kappa shape index (κ1) is 35.5. The van der Waals surface area contributed by atoms with Gasteiger partial charge in [0.1, 0.15) is 11.5 Å². The van der Waals surface area contributed by atoms with Gasteiger partial charge in [-0.3, -0.25) is 15.9 Å². The van der Waals surface area contributed by atoms with Crippen LogP contribution in [-0.4, -0.2) is 33.0 Å². The van der Waals surface area contributed by atoms with Crippen molar-refractivity contribution < 1.29 is 47.1 Å². The van der Waals surface area contributed by atoms with Crippen molar-refractivity contribution in [3.8, 4) is 22.5 Å². The van der Waals surface area contributed by atoms with E-state index in [1.54, 1.807) is 0 Å². The molecule has 2 heterocycles. The molecule has 1 amide bonds. The van der Waals surface area contributed by atoms with Crippen LogP contribution in [-0.2, 0) is 60.2 Å². The third-order valence-electron chi connectivity index (χ3n) is 6.69. The first-order chi connectivity index (χ1) is 18.5. The molecule has 0 unspecified atom stereocenters. The Morgan fingerprint density at radius 2 is 1.57 bits per heavy atom. The quantitative estimate of drug-likeness (QED) is 0.171. The number of carbonyl (C=O) groups is 2. The molecular weight excluding hydrogens is 577 g/mol. The molecule has 40 heavy (non-hydrogen) atoms. The van der Waals surface area contributed by atoms with E-state index in [-0.39, 0.29) is 57.7 Å². The first-order valence-corrected chi connectivity index (χ1v) is 13.8. The number of aromatic nitrogens is 3. The molecule has 7 nitrogen and oxygen atoms in total. The van der Waals surface area contributed by atoms with Gasteiger partial charge in [-0.2, -0.15) is 6.42 Å². The van der Waals surface area contributed by atoms with Crippen LogP contribution in [0.1, 0.15) is 78.2 Å². The Balaban J connectivity index is 0.00000196. The van der Waals surface area contributed by atoms with Gasteiger partial charge >= 0.3 is 0 Å². The third kappa shape index (κ3) is 8.74. The van der Waals surface area contributed by atoms with Crippen LogP contribution in [0.15, 0.2) is 48.5 Å². The molecule has 0 spiro atoms. The number of benzene rings is 2. The molecule has 0 N–H and O–H groups in total. The second-order valence-corrected chi connectivity index (χ2v) is 9.59. The predicted octanol–water partition coefficient (Wildman–Crippen LogP) is 7.00. The van der Waals surface area contributed by atoms with Gasteiger partial charge in [-0.15, -0.1) is 5.10 Å².